The highest BCUT2D eigenvalue weighted by molar-refractivity contribution is 6.33. The number of benzene rings is 2. The van der Waals surface area contributed by atoms with Gasteiger partial charge < -0.3 is 29.6 Å². The fraction of sp³-hybridized carbons (Fsp3) is 0.333. The second-order valence-corrected chi connectivity index (χ2v) is 5.94. The molecular weight excluding hydrogens is 344 g/mol. The van der Waals surface area contributed by atoms with Gasteiger partial charge >= 0.3 is 0 Å². The summed E-state index contributed by atoms with van der Waals surface area (Å²) in [6.07, 6.45) is 0. The Labute approximate surface area is 152 Å². The summed E-state index contributed by atoms with van der Waals surface area (Å²) in [6, 6.07) is 8.97. The van der Waals surface area contributed by atoms with Gasteiger partial charge in [0.2, 0.25) is 5.75 Å². The third kappa shape index (κ3) is 3.70. The number of rotatable bonds is 5. The van der Waals surface area contributed by atoms with E-state index in [0.29, 0.717) is 46.9 Å². The largest absolute Gasteiger partial charge is 0.493 e. The van der Waals surface area contributed by atoms with Gasteiger partial charge in [0.25, 0.3) is 0 Å². The number of para-hydroxylation sites is 1. The highest BCUT2D eigenvalue weighted by Gasteiger charge is 2.19. The molecule has 1 heterocycles. The zero-order valence-corrected chi connectivity index (χ0v) is 15.0. The van der Waals surface area contributed by atoms with Crippen molar-refractivity contribution in [2.24, 2.45) is 0 Å². The summed E-state index contributed by atoms with van der Waals surface area (Å²) in [6.45, 7) is 2.87. The Balaban J connectivity index is 1.95. The van der Waals surface area contributed by atoms with Crippen molar-refractivity contribution >= 4 is 23.0 Å². The lowest BCUT2D eigenvalue weighted by atomic mass is 10.2. The zero-order chi connectivity index (χ0) is 17.8. The molecule has 0 bridgehead atoms. The topological polar surface area (TPSA) is 66.2 Å². The highest BCUT2D eigenvalue weighted by atomic mass is 35.5. The van der Waals surface area contributed by atoms with E-state index in [9.17, 15) is 0 Å². The number of nitrogens with two attached hydrogens (primary N) is 1. The summed E-state index contributed by atoms with van der Waals surface area (Å²) in [4.78, 5) is 2.15. The molecule has 0 radical (unpaired) electrons. The maximum atomic E-state index is 6.38. The van der Waals surface area contributed by atoms with Gasteiger partial charge in [-0.25, -0.2) is 0 Å². The van der Waals surface area contributed by atoms with Crippen LogP contribution in [0.3, 0.4) is 0 Å². The van der Waals surface area contributed by atoms with Gasteiger partial charge in [0.1, 0.15) is 0 Å². The minimum absolute atomic E-state index is 0.451. The second-order valence-electron chi connectivity index (χ2n) is 5.53. The molecule has 6 nitrogen and oxygen atoms in total. The molecule has 25 heavy (non-hydrogen) atoms. The SMILES string of the molecule is COc1cccc(Oc2cc(N3CCOCC3)c(Cl)cc2N)c1OC. The summed E-state index contributed by atoms with van der Waals surface area (Å²) in [5.41, 5.74) is 7.43. The molecule has 3 rings (SSSR count). The number of morpholine rings is 1. The third-order valence-electron chi connectivity index (χ3n) is 4.02. The number of nitrogens with zero attached hydrogens (tertiary/aromatic N) is 1. The molecule has 0 saturated carbocycles. The number of hydrogen-bond donors (Lipinski definition) is 1. The van der Waals surface area contributed by atoms with Crippen LogP contribution in [0.5, 0.6) is 23.0 Å². The van der Waals surface area contributed by atoms with Crippen LogP contribution in [0, 0.1) is 0 Å². The van der Waals surface area contributed by atoms with Crippen molar-refractivity contribution in [3.8, 4) is 23.0 Å². The summed E-state index contributed by atoms with van der Waals surface area (Å²) in [5.74, 6) is 2.12. The monoisotopic (exact) mass is 364 g/mol. The van der Waals surface area contributed by atoms with E-state index in [2.05, 4.69) is 4.90 Å². The van der Waals surface area contributed by atoms with Crippen molar-refractivity contribution in [3.63, 3.8) is 0 Å². The Kier molecular flexibility index (Phi) is 5.40. The Morgan fingerprint density at radius 1 is 1.04 bits per heavy atom. The van der Waals surface area contributed by atoms with Crippen molar-refractivity contribution in [1.29, 1.82) is 0 Å². The standard InChI is InChI=1S/C18H21ClN2O4/c1-22-15-4-3-5-16(18(15)23-2)25-17-11-14(12(19)10-13(17)20)21-6-8-24-9-7-21/h3-5,10-11H,6-9,20H2,1-2H3. The van der Waals surface area contributed by atoms with Gasteiger partial charge in [-0.05, 0) is 18.2 Å². The first kappa shape index (κ1) is 17.5. The Bertz CT molecular complexity index is 748. The molecule has 0 atom stereocenters. The molecule has 0 unspecified atom stereocenters. The van der Waals surface area contributed by atoms with Crippen LogP contribution in [0.1, 0.15) is 0 Å². The van der Waals surface area contributed by atoms with Crippen LogP contribution in [-0.2, 0) is 4.74 Å². The van der Waals surface area contributed by atoms with Crippen LogP contribution < -0.4 is 24.8 Å². The minimum Gasteiger partial charge on any atom is -0.493 e. The van der Waals surface area contributed by atoms with Gasteiger partial charge in [-0.2, -0.15) is 0 Å². The first-order valence-corrected chi connectivity index (χ1v) is 8.32. The quantitative estimate of drug-likeness (QED) is 0.818. The zero-order valence-electron chi connectivity index (χ0n) is 14.3. The van der Waals surface area contributed by atoms with Gasteiger partial charge in [-0.15, -0.1) is 0 Å². The average Bonchev–Trinajstić information content (AvgIpc) is 2.64. The van der Waals surface area contributed by atoms with E-state index in [1.54, 1.807) is 32.4 Å². The molecule has 0 spiro atoms. The van der Waals surface area contributed by atoms with E-state index in [0.717, 1.165) is 18.8 Å². The number of ether oxygens (including phenoxy) is 4. The van der Waals surface area contributed by atoms with Crippen LogP contribution in [-0.4, -0.2) is 40.5 Å². The van der Waals surface area contributed by atoms with Crippen LogP contribution in [0.4, 0.5) is 11.4 Å². The van der Waals surface area contributed by atoms with Crippen molar-refractivity contribution < 1.29 is 18.9 Å². The maximum Gasteiger partial charge on any atom is 0.203 e. The Morgan fingerprint density at radius 2 is 1.76 bits per heavy atom. The molecule has 1 aliphatic heterocycles. The second kappa shape index (κ2) is 7.72. The van der Waals surface area contributed by atoms with Gasteiger partial charge in [-0.1, -0.05) is 17.7 Å². The molecule has 0 aromatic heterocycles. The van der Waals surface area contributed by atoms with Gasteiger partial charge in [0.15, 0.2) is 17.2 Å². The Morgan fingerprint density at radius 3 is 2.44 bits per heavy atom. The highest BCUT2D eigenvalue weighted by Crippen LogP contribution is 2.42. The van der Waals surface area contributed by atoms with E-state index in [-0.39, 0.29) is 0 Å². The summed E-state index contributed by atoms with van der Waals surface area (Å²) in [7, 11) is 3.14. The smallest absolute Gasteiger partial charge is 0.203 e. The number of anilines is 2. The number of methoxy groups -OCH3 is 2. The summed E-state index contributed by atoms with van der Waals surface area (Å²) >= 11 is 6.38. The first-order valence-electron chi connectivity index (χ1n) is 7.94. The molecule has 1 fully saturated rings. The summed E-state index contributed by atoms with van der Waals surface area (Å²) < 4.78 is 22.1. The molecule has 7 heteroatoms. The molecule has 1 aliphatic rings. The van der Waals surface area contributed by atoms with E-state index in [1.165, 1.54) is 0 Å². The molecule has 0 aliphatic carbocycles. The summed E-state index contributed by atoms with van der Waals surface area (Å²) in [5, 5.41) is 0.587. The van der Waals surface area contributed by atoms with Crippen molar-refractivity contribution in [2.75, 3.05) is 51.2 Å². The lowest BCUT2D eigenvalue weighted by Crippen LogP contribution is -2.36. The van der Waals surface area contributed by atoms with E-state index in [1.807, 2.05) is 12.1 Å². The molecule has 134 valence electrons. The van der Waals surface area contributed by atoms with Crippen LogP contribution in [0.25, 0.3) is 0 Å². The minimum atomic E-state index is 0.451. The maximum absolute atomic E-state index is 6.38. The molecule has 2 aromatic rings. The van der Waals surface area contributed by atoms with Crippen LogP contribution in [0.15, 0.2) is 30.3 Å². The van der Waals surface area contributed by atoms with Gasteiger partial charge in [-0.3, -0.25) is 0 Å². The third-order valence-corrected chi connectivity index (χ3v) is 4.32. The van der Waals surface area contributed by atoms with Gasteiger partial charge in [0, 0.05) is 19.2 Å². The average molecular weight is 365 g/mol. The first-order chi connectivity index (χ1) is 12.1. The van der Waals surface area contributed by atoms with Crippen LogP contribution >= 0.6 is 11.6 Å². The van der Waals surface area contributed by atoms with Crippen molar-refractivity contribution in [1.82, 2.24) is 0 Å². The molecule has 2 aromatic carbocycles. The predicted molar refractivity (Wildman–Crippen MR) is 98.5 cm³/mol. The molecule has 0 amide bonds. The normalized spacial score (nSPS) is 14.3. The lowest BCUT2D eigenvalue weighted by Gasteiger charge is -2.30. The van der Waals surface area contributed by atoms with E-state index in [4.69, 9.17) is 36.3 Å². The molecular formula is C18H21ClN2O4. The molecule has 2 N–H and O–H groups in total. The molecule has 1 saturated heterocycles. The Hall–Kier alpha value is -2.31. The predicted octanol–water partition coefficient (Wildman–Crippen LogP) is 3.57. The number of halogens is 1. The fourth-order valence-corrected chi connectivity index (χ4v) is 3.04. The van der Waals surface area contributed by atoms with E-state index >= 15 is 0 Å². The fourth-order valence-electron chi connectivity index (χ4n) is 2.75. The number of hydrogen-bond acceptors (Lipinski definition) is 6. The van der Waals surface area contributed by atoms with E-state index < -0.39 is 0 Å². The lowest BCUT2D eigenvalue weighted by molar-refractivity contribution is 0.122. The van der Waals surface area contributed by atoms with Crippen LogP contribution in [0.2, 0.25) is 5.02 Å². The van der Waals surface area contributed by atoms with Gasteiger partial charge in [0.05, 0.1) is 43.8 Å². The number of nitrogen functional groups attached to an aromatic ring is 1. The van der Waals surface area contributed by atoms with Crippen molar-refractivity contribution in [2.45, 2.75) is 0 Å². The van der Waals surface area contributed by atoms with Crippen molar-refractivity contribution in [3.05, 3.63) is 35.4 Å².